The molecule has 29 heavy (non-hydrogen) atoms. The lowest BCUT2D eigenvalue weighted by molar-refractivity contribution is -0.0469. The van der Waals surface area contributed by atoms with Crippen LogP contribution in [0, 0.1) is 5.92 Å². The summed E-state index contributed by atoms with van der Waals surface area (Å²) in [5.74, 6) is 2.08. The van der Waals surface area contributed by atoms with E-state index in [0.29, 0.717) is 12.0 Å². The Bertz CT molecular complexity index is 762. The van der Waals surface area contributed by atoms with Gasteiger partial charge in [0, 0.05) is 18.6 Å². The third-order valence-electron chi connectivity index (χ3n) is 6.19. The first-order valence-electron chi connectivity index (χ1n) is 10.7. The van der Waals surface area contributed by atoms with Crippen LogP contribution in [0.1, 0.15) is 44.2 Å². The second-order valence-corrected chi connectivity index (χ2v) is 8.37. The van der Waals surface area contributed by atoms with Gasteiger partial charge in [-0.15, -0.1) is 0 Å². The molecule has 0 radical (unpaired) electrons. The van der Waals surface area contributed by atoms with Crippen LogP contribution in [-0.2, 0) is 16.7 Å². The van der Waals surface area contributed by atoms with Gasteiger partial charge in [-0.25, -0.2) is 0 Å². The van der Waals surface area contributed by atoms with E-state index in [4.69, 9.17) is 14.2 Å². The number of methoxy groups -OCH3 is 2. The van der Waals surface area contributed by atoms with Crippen LogP contribution in [0.25, 0.3) is 0 Å². The molecule has 1 saturated heterocycles. The molecular weight excluding hydrogens is 362 g/mol. The first kappa shape index (κ1) is 21.7. The van der Waals surface area contributed by atoms with Crippen molar-refractivity contribution >= 4 is 0 Å². The van der Waals surface area contributed by atoms with E-state index in [1.165, 1.54) is 11.1 Å². The molecule has 1 fully saturated rings. The van der Waals surface area contributed by atoms with Gasteiger partial charge in [0.25, 0.3) is 0 Å². The highest BCUT2D eigenvalue weighted by Gasteiger charge is 2.38. The Hall–Kier alpha value is -2.04. The molecule has 0 aliphatic carbocycles. The van der Waals surface area contributed by atoms with Crippen molar-refractivity contribution in [3.63, 3.8) is 0 Å². The number of nitrogens with one attached hydrogen (secondary N) is 1. The zero-order valence-corrected chi connectivity index (χ0v) is 18.2. The van der Waals surface area contributed by atoms with Crippen LogP contribution in [0.3, 0.4) is 0 Å². The van der Waals surface area contributed by atoms with Gasteiger partial charge in [-0.1, -0.05) is 50.2 Å². The fourth-order valence-electron chi connectivity index (χ4n) is 4.36. The van der Waals surface area contributed by atoms with Crippen molar-refractivity contribution < 1.29 is 14.2 Å². The molecule has 2 aromatic rings. The Morgan fingerprint density at radius 2 is 1.83 bits per heavy atom. The molecule has 1 heterocycles. The van der Waals surface area contributed by atoms with Crippen LogP contribution in [0.2, 0.25) is 0 Å². The molecule has 1 N–H and O–H groups in total. The smallest absolute Gasteiger partial charge is 0.161 e. The van der Waals surface area contributed by atoms with Crippen molar-refractivity contribution in [1.82, 2.24) is 5.32 Å². The van der Waals surface area contributed by atoms with Crippen LogP contribution >= 0.6 is 0 Å². The van der Waals surface area contributed by atoms with Crippen LogP contribution in [0.15, 0.2) is 48.5 Å². The fourth-order valence-corrected chi connectivity index (χ4v) is 4.36. The van der Waals surface area contributed by atoms with Crippen molar-refractivity contribution in [1.29, 1.82) is 0 Å². The molecule has 4 nitrogen and oxygen atoms in total. The Kier molecular flexibility index (Phi) is 7.57. The minimum atomic E-state index is 0.180. The average Bonchev–Trinajstić information content (AvgIpc) is 2.77. The molecule has 2 atom stereocenters. The van der Waals surface area contributed by atoms with Gasteiger partial charge >= 0.3 is 0 Å². The zero-order valence-electron chi connectivity index (χ0n) is 18.2. The average molecular weight is 398 g/mol. The highest BCUT2D eigenvalue weighted by molar-refractivity contribution is 5.42. The second kappa shape index (κ2) is 10.1. The first-order valence-corrected chi connectivity index (χ1v) is 10.7. The maximum absolute atomic E-state index is 6.09. The molecule has 0 saturated carbocycles. The minimum Gasteiger partial charge on any atom is -0.493 e. The number of ether oxygens (including phenoxy) is 3. The summed E-state index contributed by atoms with van der Waals surface area (Å²) in [5, 5.41) is 3.64. The summed E-state index contributed by atoms with van der Waals surface area (Å²) in [5.41, 5.74) is 2.82. The van der Waals surface area contributed by atoms with Gasteiger partial charge in [0.1, 0.15) is 0 Å². The quantitative estimate of drug-likeness (QED) is 0.607. The van der Waals surface area contributed by atoms with Crippen molar-refractivity contribution in [3.8, 4) is 11.5 Å². The molecule has 1 aliphatic heterocycles. The topological polar surface area (TPSA) is 39.7 Å². The maximum atomic E-state index is 6.09. The molecule has 0 amide bonds. The number of rotatable bonds is 9. The summed E-state index contributed by atoms with van der Waals surface area (Å²) in [6.45, 7) is 7.15. The van der Waals surface area contributed by atoms with Gasteiger partial charge in [0.2, 0.25) is 0 Å². The third-order valence-corrected chi connectivity index (χ3v) is 6.19. The number of hydrogen-bond donors (Lipinski definition) is 1. The van der Waals surface area contributed by atoms with E-state index in [-0.39, 0.29) is 5.41 Å². The van der Waals surface area contributed by atoms with Crippen molar-refractivity contribution in [2.45, 2.75) is 51.2 Å². The summed E-state index contributed by atoms with van der Waals surface area (Å²) < 4.78 is 16.8. The van der Waals surface area contributed by atoms with Crippen LogP contribution in [-0.4, -0.2) is 33.5 Å². The van der Waals surface area contributed by atoms with Gasteiger partial charge < -0.3 is 19.5 Å². The molecule has 4 heteroatoms. The molecule has 2 aromatic carbocycles. The van der Waals surface area contributed by atoms with Crippen molar-refractivity contribution in [3.05, 3.63) is 59.7 Å². The van der Waals surface area contributed by atoms with E-state index in [2.05, 4.69) is 55.6 Å². The Morgan fingerprint density at radius 1 is 1.07 bits per heavy atom. The van der Waals surface area contributed by atoms with Gasteiger partial charge in [0.15, 0.2) is 11.5 Å². The molecule has 0 unspecified atom stereocenters. The minimum absolute atomic E-state index is 0.180. The maximum Gasteiger partial charge on any atom is 0.161 e. The predicted molar refractivity (Wildman–Crippen MR) is 118 cm³/mol. The molecule has 3 rings (SSSR count). The van der Waals surface area contributed by atoms with Gasteiger partial charge in [0.05, 0.1) is 20.3 Å². The highest BCUT2D eigenvalue weighted by Crippen LogP contribution is 2.41. The van der Waals surface area contributed by atoms with Gasteiger partial charge in [-0.3, -0.25) is 0 Å². The summed E-state index contributed by atoms with van der Waals surface area (Å²) in [6.07, 6.45) is 3.61. The van der Waals surface area contributed by atoms with E-state index < -0.39 is 0 Å². The number of benzene rings is 2. The summed E-state index contributed by atoms with van der Waals surface area (Å²) >= 11 is 0. The summed E-state index contributed by atoms with van der Waals surface area (Å²) in [6, 6.07) is 17.1. The highest BCUT2D eigenvalue weighted by atomic mass is 16.5. The first-order chi connectivity index (χ1) is 14.1. The monoisotopic (exact) mass is 397 g/mol. The molecule has 158 valence electrons. The van der Waals surface area contributed by atoms with Crippen molar-refractivity contribution in [2.75, 3.05) is 27.4 Å². The Labute approximate surface area is 175 Å². The van der Waals surface area contributed by atoms with E-state index in [1.807, 2.05) is 12.1 Å². The molecule has 0 spiro atoms. The normalized spacial score (nSPS) is 21.9. The lowest BCUT2D eigenvalue weighted by atomic mass is 9.68. The van der Waals surface area contributed by atoms with E-state index in [1.54, 1.807) is 14.2 Å². The Morgan fingerprint density at radius 3 is 2.52 bits per heavy atom. The fraction of sp³-hybridized carbons (Fsp3) is 0.520. The zero-order chi connectivity index (χ0) is 20.7. The molecular formula is C25H35NO3. The van der Waals surface area contributed by atoms with Crippen LogP contribution in [0.5, 0.6) is 11.5 Å². The standard InChI is InChI=1S/C25H35NO3/c1-19(2)24-17-25(13-15-29-24,21-8-6-5-7-9-21)12-14-26-18-20-10-11-22(27-3)23(16-20)28-4/h5-11,16,19,24,26H,12-15,17-18H2,1-4H3/t24-,25+/m0/s1. The molecule has 0 bridgehead atoms. The second-order valence-electron chi connectivity index (χ2n) is 8.37. The third kappa shape index (κ3) is 5.31. The van der Waals surface area contributed by atoms with Crippen LogP contribution in [0.4, 0.5) is 0 Å². The largest absolute Gasteiger partial charge is 0.493 e. The van der Waals surface area contributed by atoms with Crippen LogP contribution < -0.4 is 14.8 Å². The summed E-state index contributed by atoms with van der Waals surface area (Å²) in [4.78, 5) is 0. The number of hydrogen-bond acceptors (Lipinski definition) is 4. The molecule has 1 aliphatic rings. The molecule has 0 aromatic heterocycles. The van der Waals surface area contributed by atoms with Crippen molar-refractivity contribution in [2.24, 2.45) is 5.92 Å². The lowest BCUT2D eigenvalue weighted by Gasteiger charge is -2.43. The lowest BCUT2D eigenvalue weighted by Crippen LogP contribution is -2.42. The summed E-state index contributed by atoms with van der Waals surface area (Å²) in [7, 11) is 3.34. The van der Waals surface area contributed by atoms with E-state index in [0.717, 1.165) is 50.5 Å². The predicted octanol–water partition coefficient (Wildman–Crippen LogP) is 4.96. The van der Waals surface area contributed by atoms with Gasteiger partial charge in [-0.2, -0.15) is 0 Å². The van der Waals surface area contributed by atoms with E-state index in [9.17, 15) is 0 Å². The van der Waals surface area contributed by atoms with E-state index >= 15 is 0 Å². The Balaban J connectivity index is 1.65. The SMILES string of the molecule is COc1ccc(CNCC[C@@]2(c3ccccc3)CCO[C@H](C(C)C)C2)cc1OC. The van der Waals surface area contributed by atoms with Gasteiger partial charge in [-0.05, 0) is 55.0 Å².